The molecule has 2 amide bonds. The minimum atomic E-state index is -0.165. The van der Waals surface area contributed by atoms with Gasteiger partial charge in [0.25, 0.3) is 0 Å². The summed E-state index contributed by atoms with van der Waals surface area (Å²) < 4.78 is 17.0. The van der Waals surface area contributed by atoms with Crippen LogP contribution in [0.25, 0.3) is 22.2 Å². The normalized spacial score (nSPS) is 15.3. The van der Waals surface area contributed by atoms with E-state index >= 15 is 0 Å². The van der Waals surface area contributed by atoms with Gasteiger partial charge in [0.05, 0.1) is 42.9 Å². The van der Waals surface area contributed by atoms with E-state index in [-0.39, 0.29) is 24.7 Å². The molecule has 38 heavy (non-hydrogen) atoms. The Labute approximate surface area is 223 Å². The number of benzene rings is 2. The van der Waals surface area contributed by atoms with Gasteiger partial charge in [-0.25, -0.2) is 9.78 Å². The highest BCUT2D eigenvalue weighted by Gasteiger charge is 2.33. The van der Waals surface area contributed by atoms with Crippen molar-refractivity contribution in [3.8, 4) is 28.6 Å². The van der Waals surface area contributed by atoms with Crippen LogP contribution in [0.15, 0.2) is 72.9 Å². The average Bonchev–Trinajstić information content (AvgIpc) is 3.36. The van der Waals surface area contributed by atoms with Gasteiger partial charge in [-0.3, -0.25) is 4.98 Å². The summed E-state index contributed by atoms with van der Waals surface area (Å²) in [5.41, 5.74) is 3.41. The molecule has 0 spiro atoms. The first-order chi connectivity index (χ1) is 18.6. The van der Waals surface area contributed by atoms with Gasteiger partial charge in [-0.1, -0.05) is 44.2 Å². The number of carbonyl (C=O) groups excluding carboxylic acids is 1. The molecule has 4 aromatic rings. The van der Waals surface area contributed by atoms with Gasteiger partial charge in [-0.05, 0) is 48.9 Å². The maximum atomic E-state index is 12.7. The molecule has 1 aliphatic rings. The highest BCUT2D eigenvalue weighted by Crippen LogP contribution is 2.34. The molecule has 3 heterocycles. The zero-order chi connectivity index (χ0) is 27.1. The lowest BCUT2D eigenvalue weighted by Gasteiger charge is -2.23. The van der Waals surface area contributed by atoms with Crippen molar-refractivity contribution in [3.63, 3.8) is 0 Å². The molecule has 8 nitrogen and oxygen atoms in total. The lowest BCUT2D eigenvalue weighted by molar-refractivity contribution is 0.201. The van der Waals surface area contributed by atoms with E-state index < -0.39 is 0 Å². The summed E-state index contributed by atoms with van der Waals surface area (Å²) in [7, 11) is 3.20. The smallest absolute Gasteiger partial charge is 0.318 e. The number of rotatable bonds is 8. The minimum absolute atomic E-state index is 0.0345. The second-order valence-electron chi connectivity index (χ2n) is 8.65. The van der Waals surface area contributed by atoms with Crippen molar-refractivity contribution in [2.75, 3.05) is 27.4 Å². The van der Waals surface area contributed by atoms with Crippen LogP contribution in [-0.2, 0) is 0 Å². The van der Waals surface area contributed by atoms with Crippen molar-refractivity contribution in [3.05, 3.63) is 78.5 Å². The number of carbonyl (C=O) groups is 1. The number of amides is 2. The van der Waals surface area contributed by atoms with Crippen molar-refractivity contribution in [2.45, 2.75) is 32.9 Å². The first-order valence-electron chi connectivity index (χ1n) is 12.8. The third-order valence-corrected chi connectivity index (χ3v) is 6.42. The molecular formula is C30H34N4O4. The maximum Gasteiger partial charge on any atom is 0.318 e. The van der Waals surface area contributed by atoms with Crippen molar-refractivity contribution < 1.29 is 19.0 Å². The van der Waals surface area contributed by atoms with Gasteiger partial charge < -0.3 is 24.4 Å². The number of hydrogen-bond acceptors (Lipinski definition) is 6. The molecule has 1 fully saturated rings. The van der Waals surface area contributed by atoms with E-state index in [0.29, 0.717) is 29.6 Å². The van der Waals surface area contributed by atoms with Gasteiger partial charge in [0.1, 0.15) is 6.61 Å². The Morgan fingerprint density at radius 3 is 2.50 bits per heavy atom. The van der Waals surface area contributed by atoms with Crippen LogP contribution in [0.2, 0.25) is 0 Å². The fourth-order valence-electron chi connectivity index (χ4n) is 4.44. The average molecular weight is 515 g/mol. The molecule has 1 N–H and O–H groups in total. The molecule has 2 atom stereocenters. The van der Waals surface area contributed by atoms with Crippen LogP contribution in [0, 0.1) is 0 Å². The monoisotopic (exact) mass is 514 g/mol. The zero-order valence-corrected chi connectivity index (χ0v) is 22.5. The topological polar surface area (TPSA) is 85.8 Å². The van der Waals surface area contributed by atoms with Gasteiger partial charge in [0.15, 0.2) is 11.5 Å². The number of pyridine rings is 2. The predicted molar refractivity (Wildman–Crippen MR) is 149 cm³/mol. The lowest BCUT2D eigenvalue weighted by Crippen LogP contribution is -2.32. The summed E-state index contributed by atoms with van der Waals surface area (Å²) in [4.78, 5) is 23.8. The highest BCUT2D eigenvalue weighted by molar-refractivity contribution is 5.87. The van der Waals surface area contributed by atoms with E-state index in [1.165, 1.54) is 0 Å². The van der Waals surface area contributed by atoms with Crippen molar-refractivity contribution >= 4 is 16.9 Å². The quantitative estimate of drug-likeness (QED) is 0.316. The Kier molecular flexibility index (Phi) is 8.63. The van der Waals surface area contributed by atoms with Crippen molar-refractivity contribution in [2.24, 2.45) is 0 Å². The lowest BCUT2D eigenvalue weighted by atomic mass is 10.1. The van der Waals surface area contributed by atoms with E-state index in [0.717, 1.165) is 22.0 Å². The van der Waals surface area contributed by atoms with Crippen LogP contribution in [0.5, 0.6) is 17.4 Å². The number of nitrogens with one attached hydrogen (secondary N) is 1. The Balaban J connectivity index is 0.00000164. The summed E-state index contributed by atoms with van der Waals surface area (Å²) in [5.74, 6) is 1.72. The maximum absolute atomic E-state index is 12.7. The summed E-state index contributed by atoms with van der Waals surface area (Å²) in [6, 6.07) is 21.0. The van der Waals surface area contributed by atoms with Crippen LogP contribution in [0.4, 0.5) is 4.79 Å². The summed E-state index contributed by atoms with van der Waals surface area (Å²) in [5, 5.41) is 3.84. The Hall–Kier alpha value is -4.33. The zero-order valence-electron chi connectivity index (χ0n) is 22.5. The molecule has 2 unspecified atom stereocenters. The first kappa shape index (κ1) is 26.7. The molecule has 1 aliphatic heterocycles. The van der Waals surface area contributed by atoms with Crippen LogP contribution in [-0.4, -0.2) is 54.3 Å². The standard InChI is InChI=1S/C28H28N4O4.C2H6/c1-18(19-8-5-4-6-9-19)32-16-21(30-28(32)33)17-36-27-22-10-7-13-29-24(22)15-23(31-27)20-11-12-25(34-2)26(14-20)35-3;1-2/h4-15,18,21H,16-17H2,1-3H3,(H,30,33);1-2H3. The second-order valence-corrected chi connectivity index (χ2v) is 8.65. The molecule has 2 aromatic carbocycles. The Morgan fingerprint density at radius 2 is 1.76 bits per heavy atom. The predicted octanol–water partition coefficient (Wildman–Crippen LogP) is 5.87. The number of methoxy groups -OCH3 is 2. The van der Waals surface area contributed by atoms with Crippen LogP contribution in [0.3, 0.4) is 0 Å². The first-order valence-corrected chi connectivity index (χ1v) is 12.8. The third kappa shape index (κ3) is 5.64. The molecule has 0 aliphatic carbocycles. The Morgan fingerprint density at radius 1 is 1.00 bits per heavy atom. The SMILES string of the molecule is CC.COc1ccc(-c2cc3ncccc3c(OCC3CN(C(C)c4ccccc4)C(=O)N3)n2)cc1OC. The fraction of sp³-hybridized carbons (Fsp3) is 0.300. The second kappa shape index (κ2) is 12.3. The van der Waals surface area contributed by atoms with E-state index in [1.807, 2.05) is 92.4 Å². The molecule has 0 saturated carbocycles. The molecular weight excluding hydrogens is 480 g/mol. The molecule has 5 rings (SSSR count). The third-order valence-electron chi connectivity index (χ3n) is 6.42. The largest absolute Gasteiger partial charge is 0.493 e. The molecule has 1 saturated heterocycles. The number of hydrogen-bond donors (Lipinski definition) is 1. The van der Waals surface area contributed by atoms with Crippen molar-refractivity contribution in [1.29, 1.82) is 0 Å². The summed E-state index contributed by atoms with van der Waals surface area (Å²) in [6.07, 6.45) is 1.74. The highest BCUT2D eigenvalue weighted by atomic mass is 16.5. The van der Waals surface area contributed by atoms with E-state index in [2.05, 4.69) is 10.3 Å². The minimum Gasteiger partial charge on any atom is -0.493 e. The molecule has 2 aromatic heterocycles. The number of fused-ring (bicyclic) bond motifs is 1. The van der Waals surface area contributed by atoms with Gasteiger partial charge in [-0.2, -0.15) is 0 Å². The number of aromatic nitrogens is 2. The number of urea groups is 1. The Bertz CT molecular complexity index is 1380. The summed E-state index contributed by atoms with van der Waals surface area (Å²) in [6.45, 7) is 6.86. The van der Waals surface area contributed by atoms with Crippen LogP contribution in [0.1, 0.15) is 32.4 Å². The van der Waals surface area contributed by atoms with E-state index in [4.69, 9.17) is 19.2 Å². The van der Waals surface area contributed by atoms with Crippen LogP contribution >= 0.6 is 0 Å². The number of nitrogens with zero attached hydrogens (tertiary/aromatic N) is 3. The molecule has 0 bridgehead atoms. The molecule has 198 valence electrons. The van der Waals surface area contributed by atoms with Gasteiger partial charge in [0.2, 0.25) is 5.88 Å². The van der Waals surface area contributed by atoms with Gasteiger partial charge in [-0.15, -0.1) is 0 Å². The summed E-state index contributed by atoms with van der Waals surface area (Å²) >= 11 is 0. The van der Waals surface area contributed by atoms with Crippen molar-refractivity contribution in [1.82, 2.24) is 20.2 Å². The van der Waals surface area contributed by atoms with E-state index in [1.54, 1.807) is 20.4 Å². The van der Waals surface area contributed by atoms with E-state index in [9.17, 15) is 4.79 Å². The van der Waals surface area contributed by atoms with Crippen LogP contribution < -0.4 is 19.5 Å². The molecule has 0 radical (unpaired) electrons. The van der Waals surface area contributed by atoms with Gasteiger partial charge in [0, 0.05) is 18.3 Å². The fourth-order valence-corrected chi connectivity index (χ4v) is 4.44. The number of ether oxygens (including phenoxy) is 3. The molecule has 8 heteroatoms. The van der Waals surface area contributed by atoms with Gasteiger partial charge >= 0.3 is 6.03 Å².